The first-order valence-corrected chi connectivity index (χ1v) is 13.7. The molecule has 0 heterocycles. The van der Waals surface area contributed by atoms with Gasteiger partial charge in [0.05, 0.1) is 25.6 Å². The maximum atomic E-state index is 13.3. The quantitative estimate of drug-likeness (QED) is 0.332. The van der Waals surface area contributed by atoms with Gasteiger partial charge in [0.25, 0.3) is 0 Å². The van der Waals surface area contributed by atoms with Crippen LogP contribution in [0.25, 0.3) is 11.1 Å². The van der Waals surface area contributed by atoms with Gasteiger partial charge >= 0.3 is 11.9 Å². The van der Waals surface area contributed by atoms with Gasteiger partial charge in [-0.1, -0.05) is 92.7 Å². The molecule has 1 aliphatic carbocycles. The Morgan fingerprint density at radius 3 is 2.30 bits per heavy atom. The number of aliphatic hydroxyl groups excluding tert-OH is 1. The number of amides is 1. The molecule has 0 fully saturated rings. The van der Waals surface area contributed by atoms with Crippen molar-refractivity contribution in [3.8, 4) is 11.1 Å². The van der Waals surface area contributed by atoms with E-state index in [0.29, 0.717) is 12.8 Å². The highest BCUT2D eigenvalue weighted by atomic mass is 16.5. The molecule has 0 radical (unpaired) electrons. The molecule has 2 unspecified atom stereocenters. The number of carbonyl (C=O) groups excluding carboxylic acids is 3. The van der Waals surface area contributed by atoms with Crippen molar-refractivity contribution in [1.82, 2.24) is 5.32 Å². The topological polar surface area (TPSA) is 102 Å². The van der Waals surface area contributed by atoms with Crippen LogP contribution in [0.3, 0.4) is 0 Å². The first-order chi connectivity index (χ1) is 19.2. The third kappa shape index (κ3) is 8.02. The van der Waals surface area contributed by atoms with Crippen LogP contribution in [-0.2, 0) is 36.9 Å². The predicted octanol–water partition coefficient (Wildman–Crippen LogP) is 4.95. The summed E-state index contributed by atoms with van der Waals surface area (Å²) in [7, 11) is 0. The standard InChI is InChI=1S/C33H37NO6/c1-33(2,21-35)22-40-32(38)29-19-27(17-26-14-13-25(18-28(26)29)24-11-7-4-8-12-24)34-30(36)15-16-31(37)39-20-23-9-5-3-6-10-23/h3-14,18,27,29,35H,15-17,19-22H2,1-2H3,(H,34,36). The fourth-order valence-electron chi connectivity index (χ4n) is 4.75. The van der Waals surface area contributed by atoms with E-state index < -0.39 is 17.3 Å². The number of carbonyl (C=O) groups is 3. The first kappa shape index (κ1) is 29.0. The van der Waals surface area contributed by atoms with E-state index in [4.69, 9.17) is 9.47 Å². The summed E-state index contributed by atoms with van der Waals surface area (Å²) in [6.07, 6.45) is 0.933. The minimum atomic E-state index is -0.567. The summed E-state index contributed by atoms with van der Waals surface area (Å²) >= 11 is 0. The molecule has 1 aliphatic rings. The highest BCUT2D eigenvalue weighted by Gasteiger charge is 2.35. The van der Waals surface area contributed by atoms with E-state index >= 15 is 0 Å². The fourth-order valence-corrected chi connectivity index (χ4v) is 4.75. The van der Waals surface area contributed by atoms with E-state index in [1.165, 1.54) is 0 Å². The number of nitrogens with one attached hydrogen (secondary N) is 1. The first-order valence-electron chi connectivity index (χ1n) is 13.7. The van der Waals surface area contributed by atoms with E-state index in [2.05, 4.69) is 5.32 Å². The summed E-state index contributed by atoms with van der Waals surface area (Å²) in [4.78, 5) is 38.2. The van der Waals surface area contributed by atoms with Crippen molar-refractivity contribution in [2.75, 3.05) is 13.2 Å². The lowest BCUT2D eigenvalue weighted by molar-refractivity contribution is -0.150. The molecule has 1 amide bonds. The SMILES string of the molecule is CC(C)(CO)COC(=O)C1CC(NC(=O)CCC(=O)OCc2ccccc2)Cc2ccc(-c3ccccc3)cc21. The summed E-state index contributed by atoms with van der Waals surface area (Å²) in [5.41, 5.74) is 4.25. The van der Waals surface area contributed by atoms with Crippen LogP contribution in [0.5, 0.6) is 0 Å². The van der Waals surface area contributed by atoms with E-state index in [9.17, 15) is 19.5 Å². The fraction of sp³-hybridized carbons (Fsp3) is 0.364. The second kappa shape index (κ2) is 13.4. The number of esters is 2. The van der Waals surface area contributed by atoms with Crippen LogP contribution >= 0.6 is 0 Å². The Morgan fingerprint density at radius 1 is 0.900 bits per heavy atom. The summed E-state index contributed by atoms with van der Waals surface area (Å²) < 4.78 is 10.9. The van der Waals surface area contributed by atoms with Crippen molar-refractivity contribution in [3.63, 3.8) is 0 Å². The minimum Gasteiger partial charge on any atom is -0.465 e. The third-order valence-electron chi connectivity index (χ3n) is 7.10. The number of rotatable bonds is 11. The number of aliphatic hydroxyl groups is 1. The van der Waals surface area contributed by atoms with Gasteiger partial charge in [-0.2, -0.15) is 0 Å². The van der Waals surface area contributed by atoms with Crippen LogP contribution in [0.2, 0.25) is 0 Å². The molecule has 40 heavy (non-hydrogen) atoms. The molecule has 3 aromatic rings. The maximum Gasteiger partial charge on any atom is 0.313 e. The van der Waals surface area contributed by atoms with E-state index in [0.717, 1.165) is 27.8 Å². The van der Waals surface area contributed by atoms with Crippen molar-refractivity contribution in [2.45, 2.75) is 58.1 Å². The average molecular weight is 544 g/mol. The number of benzene rings is 3. The second-order valence-electron chi connectivity index (χ2n) is 11.1. The molecule has 3 aromatic carbocycles. The zero-order chi connectivity index (χ0) is 28.5. The van der Waals surface area contributed by atoms with Gasteiger partial charge in [0, 0.05) is 17.9 Å². The van der Waals surface area contributed by atoms with Crippen molar-refractivity contribution >= 4 is 17.8 Å². The number of hydrogen-bond acceptors (Lipinski definition) is 6. The van der Waals surface area contributed by atoms with Crippen LogP contribution < -0.4 is 5.32 Å². The lowest BCUT2D eigenvalue weighted by Crippen LogP contribution is -2.42. The molecule has 210 valence electrons. The number of hydrogen-bond donors (Lipinski definition) is 2. The normalized spacial score (nSPS) is 16.5. The summed E-state index contributed by atoms with van der Waals surface area (Å²) in [6.45, 7) is 3.82. The van der Waals surface area contributed by atoms with Crippen LogP contribution in [0.15, 0.2) is 78.9 Å². The van der Waals surface area contributed by atoms with Gasteiger partial charge in [0.15, 0.2) is 0 Å². The van der Waals surface area contributed by atoms with Crippen molar-refractivity contribution in [2.24, 2.45) is 5.41 Å². The minimum absolute atomic E-state index is 0.00370. The Morgan fingerprint density at radius 2 is 1.60 bits per heavy atom. The third-order valence-corrected chi connectivity index (χ3v) is 7.10. The molecule has 7 heteroatoms. The van der Waals surface area contributed by atoms with Crippen molar-refractivity contribution in [1.29, 1.82) is 0 Å². The lowest BCUT2D eigenvalue weighted by Gasteiger charge is -2.32. The van der Waals surface area contributed by atoms with E-state index in [1.807, 2.05) is 92.7 Å². The average Bonchev–Trinajstić information content (AvgIpc) is 2.98. The molecular weight excluding hydrogens is 506 g/mol. The van der Waals surface area contributed by atoms with E-state index in [-0.39, 0.29) is 50.6 Å². The predicted molar refractivity (Wildman–Crippen MR) is 152 cm³/mol. The van der Waals surface area contributed by atoms with Crippen molar-refractivity contribution < 1.29 is 29.0 Å². The van der Waals surface area contributed by atoms with Gasteiger partial charge < -0.3 is 19.9 Å². The zero-order valence-corrected chi connectivity index (χ0v) is 23.1. The van der Waals surface area contributed by atoms with Crippen LogP contribution in [0.1, 0.15) is 55.7 Å². The van der Waals surface area contributed by atoms with Crippen LogP contribution in [-0.4, -0.2) is 42.2 Å². The van der Waals surface area contributed by atoms with Gasteiger partial charge in [-0.3, -0.25) is 14.4 Å². The molecular formula is C33H37NO6. The number of fused-ring (bicyclic) bond motifs is 1. The van der Waals surface area contributed by atoms with Crippen LogP contribution in [0, 0.1) is 5.41 Å². The molecule has 0 aromatic heterocycles. The van der Waals surface area contributed by atoms with E-state index in [1.54, 1.807) is 0 Å². The Balaban J connectivity index is 1.42. The van der Waals surface area contributed by atoms with Crippen LogP contribution in [0.4, 0.5) is 0 Å². The Kier molecular flexibility index (Phi) is 9.72. The molecule has 2 N–H and O–H groups in total. The second-order valence-corrected chi connectivity index (χ2v) is 11.1. The maximum absolute atomic E-state index is 13.3. The zero-order valence-electron chi connectivity index (χ0n) is 23.1. The summed E-state index contributed by atoms with van der Waals surface area (Å²) in [5, 5.41) is 12.6. The van der Waals surface area contributed by atoms with Gasteiger partial charge in [0.2, 0.25) is 5.91 Å². The molecule has 4 rings (SSSR count). The highest BCUT2D eigenvalue weighted by Crippen LogP contribution is 2.36. The molecule has 0 bridgehead atoms. The monoisotopic (exact) mass is 543 g/mol. The molecule has 0 saturated heterocycles. The Labute approximate surface area is 235 Å². The highest BCUT2D eigenvalue weighted by molar-refractivity contribution is 5.83. The molecule has 0 spiro atoms. The smallest absolute Gasteiger partial charge is 0.313 e. The molecule has 0 saturated carbocycles. The summed E-state index contributed by atoms with van der Waals surface area (Å²) in [6, 6.07) is 25.1. The van der Waals surface area contributed by atoms with Gasteiger partial charge in [-0.15, -0.1) is 0 Å². The number of ether oxygens (including phenoxy) is 2. The molecule has 7 nitrogen and oxygen atoms in total. The Bertz CT molecular complexity index is 1310. The largest absolute Gasteiger partial charge is 0.465 e. The Hall–Kier alpha value is -3.97. The van der Waals surface area contributed by atoms with Gasteiger partial charge in [-0.25, -0.2) is 0 Å². The van der Waals surface area contributed by atoms with Gasteiger partial charge in [0.1, 0.15) is 6.61 Å². The van der Waals surface area contributed by atoms with Crippen molar-refractivity contribution in [3.05, 3.63) is 95.6 Å². The molecule has 2 atom stereocenters. The molecule has 0 aliphatic heterocycles. The summed E-state index contributed by atoms with van der Waals surface area (Å²) in [5.74, 6) is -1.64. The van der Waals surface area contributed by atoms with Gasteiger partial charge in [-0.05, 0) is 40.7 Å². The lowest BCUT2D eigenvalue weighted by atomic mass is 9.78.